The van der Waals surface area contributed by atoms with Gasteiger partial charge in [0.15, 0.2) is 6.10 Å². The third-order valence-electron chi connectivity index (χ3n) is 3.43. The highest BCUT2D eigenvalue weighted by atomic mass is 35.5. The van der Waals surface area contributed by atoms with Crippen molar-refractivity contribution in [1.82, 2.24) is 0 Å². The number of carbonyl (C=O) groups is 1. The highest BCUT2D eigenvalue weighted by molar-refractivity contribution is 6.32. The first kappa shape index (κ1) is 17.2. The number of halogens is 1. The topological polar surface area (TPSA) is 47.6 Å². The normalized spacial score (nSPS) is 11.7. The molecular weight excluding hydrogens is 314 g/mol. The first-order valence-corrected chi connectivity index (χ1v) is 7.81. The number of hydrogen-bond acceptors (Lipinski definition) is 3. The predicted octanol–water partition coefficient (Wildman–Crippen LogP) is 4.32. The Labute approximate surface area is 141 Å². The van der Waals surface area contributed by atoms with Gasteiger partial charge >= 0.3 is 0 Å². The lowest BCUT2D eigenvalue weighted by Gasteiger charge is -2.15. The molecule has 0 saturated heterocycles. The van der Waals surface area contributed by atoms with Gasteiger partial charge < -0.3 is 14.8 Å². The molecule has 0 aliphatic rings. The van der Waals surface area contributed by atoms with Crippen molar-refractivity contribution >= 4 is 23.2 Å². The molecule has 0 aliphatic carbocycles. The second kappa shape index (κ2) is 7.88. The van der Waals surface area contributed by atoms with E-state index in [4.69, 9.17) is 21.1 Å². The van der Waals surface area contributed by atoms with Crippen molar-refractivity contribution in [2.75, 3.05) is 12.4 Å². The summed E-state index contributed by atoms with van der Waals surface area (Å²) in [5, 5.41) is 3.21. The summed E-state index contributed by atoms with van der Waals surface area (Å²) in [5.41, 5.74) is 1.82. The van der Waals surface area contributed by atoms with Crippen LogP contribution in [0.3, 0.4) is 0 Å². The van der Waals surface area contributed by atoms with Crippen LogP contribution < -0.4 is 14.8 Å². The van der Waals surface area contributed by atoms with E-state index in [-0.39, 0.29) is 5.91 Å². The molecule has 0 bridgehead atoms. The molecule has 1 N–H and O–H groups in total. The standard InChI is InChI=1S/C18H20ClNO3/c1-4-13-5-8-15(9-6-13)23-12(2)18(21)20-14-7-10-17(22-3)16(19)11-14/h5-12H,4H2,1-3H3,(H,20,21)/t12-/m1/s1. The van der Waals surface area contributed by atoms with Gasteiger partial charge in [-0.25, -0.2) is 0 Å². The molecule has 0 saturated carbocycles. The number of carbonyl (C=O) groups excluding carboxylic acids is 1. The van der Waals surface area contributed by atoms with E-state index in [1.54, 1.807) is 32.2 Å². The van der Waals surface area contributed by atoms with Crippen LogP contribution in [0.15, 0.2) is 42.5 Å². The zero-order valence-electron chi connectivity index (χ0n) is 13.4. The van der Waals surface area contributed by atoms with E-state index in [1.807, 2.05) is 24.3 Å². The second-order valence-corrected chi connectivity index (χ2v) is 5.50. The number of aryl methyl sites for hydroxylation is 1. The van der Waals surface area contributed by atoms with Crippen LogP contribution >= 0.6 is 11.6 Å². The zero-order chi connectivity index (χ0) is 16.8. The molecule has 0 heterocycles. The van der Waals surface area contributed by atoms with Crippen molar-refractivity contribution in [3.63, 3.8) is 0 Å². The summed E-state index contributed by atoms with van der Waals surface area (Å²) in [5.74, 6) is 0.980. The summed E-state index contributed by atoms with van der Waals surface area (Å²) in [6, 6.07) is 12.8. The Morgan fingerprint density at radius 3 is 2.48 bits per heavy atom. The first-order chi connectivity index (χ1) is 11.0. The van der Waals surface area contributed by atoms with Crippen LogP contribution in [0.1, 0.15) is 19.4 Å². The van der Waals surface area contributed by atoms with Crippen LogP contribution in [0.2, 0.25) is 5.02 Å². The molecule has 23 heavy (non-hydrogen) atoms. The van der Waals surface area contributed by atoms with Crippen LogP contribution in [0.25, 0.3) is 0 Å². The highest BCUT2D eigenvalue weighted by Gasteiger charge is 2.15. The molecule has 2 aromatic rings. The minimum atomic E-state index is -0.622. The Balaban J connectivity index is 1.97. The number of ether oxygens (including phenoxy) is 2. The predicted molar refractivity (Wildman–Crippen MR) is 92.5 cm³/mol. The number of methoxy groups -OCH3 is 1. The zero-order valence-corrected chi connectivity index (χ0v) is 14.2. The van der Waals surface area contributed by atoms with E-state index in [2.05, 4.69) is 12.2 Å². The summed E-state index contributed by atoms with van der Waals surface area (Å²) in [7, 11) is 1.54. The molecule has 0 aliphatic heterocycles. The Kier molecular flexibility index (Phi) is 5.88. The average molecular weight is 334 g/mol. The smallest absolute Gasteiger partial charge is 0.265 e. The summed E-state index contributed by atoms with van der Waals surface area (Å²) in [6.45, 7) is 3.79. The number of rotatable bonds is 6. The molecule has 0 aromatic heterocycles. The third-order valence-corrected chi connectivity index (χ3v) is 3.73. The lowest BCUT2D eigenvalue weighted by Crippen LogP contribution is -2.30. The number of hydrogen-bond donors (Lipinski definition) is 1. The van der Waals surface area contributed by atoms with E-state index >= 15 is 0 Å². The van der Waals surface area contributed by atoms with Crippen molar-refractivity contribution in [3.05, 3.63) is 53.1 Å². The molecule has 1 amide bonds. The van der Waals surface area contributed by atoms with Gasteiger partial charge in [0.25, 0.3) is 5.91 Å². The summed E-state index contributed by atoms with van der Waals surface area (Å²) in [4.78, 5) is 12.2. The maximum atomic E-state index is 12.2. The fourth-order valence-corrected chi connectivity index (χ4v) is 2.31. The molecule has 4 nitrogen and oxygen atoms in total. The molecule has 2 aromatic carbocycles. The molecule has 0 fully saturated rings. The van der Waals surface area contributed by atoms with Crippen molar-refractivity contribution in [1.29, 1.82) is 0 Å². The van der Waals surface area contributed by atoms with Crippen molar-refractivity contribution in [2.24, 2.45) is 0 Å². The Morgan fingerprint density at radius 1 is 1.22 bits per heavy atom. The van der Waals surface area contributed by atoms with Gasteiger partial charge in [0.05, 0.1) is 12.1 Å². The van der Waals surface area contributed by atoms with Crippen LogP contribution in [-0.2, 0) is 11.2 Å². The van der Waals surface area contributed by atoms with Crippen LogP contribution in [0, 0.1) is 0 Å². The molecule has 5 heteroatoms. The van der Waals surface area contributed by atoms with E-state index in [1.165, 1.54) is 5.56 Å². The van der Waals surface area contributed by atoms with Crippen LogP contribution in [0.5, 0.6) is 11.5 Å². The summed E-state index contributed by atoms with van der Waals surface area (Å²) in [6.07, 6.45) is 0.345. The third kappa shape index (κ3) is 4.63. The van der Waals surface area contributed by atoms with E-state index in [0.29, 0.717) is 22.2 Å². The van der Waals surface area contributed by atoms with E-state index in [9.17, 15) is 4.79 Å². The lowest BCUT2D eigenvalue weighted by atomic mass is 10.2. The van der Waals surface area contributed by atoms with Crippen molar-refractivity contribution < 1.29 is 14.3 Å². The molecule has 122 valence electrons. The Morgan fingerprint density at radius 2 is 1.91 bits per heavy atom. The molecule has 0 spiro atoms. The molecule has 0 radical (unpaired) electrons. The number of benzene rings is 2. The number of nitrogens with one attached hydrogen (secondary N) is 1. The molecule has 2 rings (SSSR count). The number of anilines is 1. The fourth-order valence-electron chi connectivity index (χ4n) is 2.05. The first-order valence-electron chi connectivity index (χ1n) is 7.43. The summed E-state index contributed by atoms with van der Waals surface area (Å²) < 4.78 is 10.7. The quantitative estimate of drug-likeness (QED) is 0.856. The second-order valence-electron chi connectivity index (χ2n) is 5.10. The van der Waals surface area contributed by atoms with Gasteiger partial charge in [0.2, 0.25) is 0 Å². The number of amides is 1. The monoisotopic (exact) mass is 333 g/mol. The maximum Gasteiger partial charge on any atom is 0.265 e. The van der Waals surface area contributed by atoms with E-state index in [0.717, 1.165) is 6.42 Å². The SMILES string of the molecule is CCc1ccc(O[C@H](C)C(=O)Nc2ccc(OC)c(Cl)c2)cc1. The van der Waals surface area contributed by atoms with Crippen molar-refractivity contribution in [2.45, 2.75) is 26.4 Å². The maximum absolute atomic E-state index is 12.2. The largest absolute Gasteiger partial charge is 0.495 e. The minimum Gasteiger partial charge on any atom is -0.495 e. The van der Waals surface area contributed by atoms with Gasteiger partial charge in [-0.2, -0.15) is 0 Å². The molecule has 1 atom stereocenters. The van der Waals surface area contributed by atoms with Crippen LogP contribution in [0.4, 0.5) is 5.69 Å². The lowest BCUT2D eigenvalue weighted by molar-refractivity contribution is -0.122. The highest BCUT2D eigenvalue weighted by Crippen LogP contribution is 2.27. The minimum absolute atomic E-state index is 0.245. The summed E-state index contributed by atoms with van der Waals surface area (Å²) >= 11 is 6.04. The van der Waals surface area contributed by atoms with Gasteiger partial charge in [0.1, 0.15) is 11.5 Å². The van der Waals surface area contributed by atoms with Gasteiger partial charge in [-0.15, -0.1) is 0 Å². The van der Waals surface area contributed by atoms with Gasteiger partial charge in [-0.1, -0.05) is 30.7 Å². The molecular formula is C18H20ClNO3. The molecule has 0 unspecified atom stereocenters. The van der Waals surface area contributed by atoms with Crippen LogP contribution in [-0.4, -0.2) is 19.1 Å². The van der Waals surface area contributed by atoms with Gasteiger partial charge in [0, 0.05) is 5.69 Å². The van der Waals surface area contributed by atoms with Gasteiger partial charge in [-0.3, -0.25) is 4.79 Å². The Bertz CT molecular complexity index is 670. The van der Waals surface area contributed by atoms with E-state index < -0.39 is 6.10 Å². The van der Waals surface area contributed by atoms with Crippen molar-refractivity contribution in [3.8, 4) is 11.5 Å². The van der Waals surface area contributed by atoms with Gasteiger partial charge in [-0.05, 0) is 49.2 Å². The Hall–Kier alpha value is -2.20. The average Bonchev–Trinajstić information content (AvgIpc) is 2.55. The fraction of sp³-hybridized carbons (Fsp3) is 0.278.